The van der Waals surface area contributed by atoms with E-state index in [1.54, 1.807) is 20.9 Å². The summed E-state index contributed by atoms with van der Waals surface area (Å²) in [4.78, 5) is 42.1. The first-order valence-electron chi connectivity index (χ1n) is 11.3. The second-order valence-corrected chi connectivity index (χ2v) is 8.73. The van der Waals surface area contributed by atoms with Crippen LogP contribution in [0.3, 0.4) is 0 Å². The lowest BCUT2D eigenvalue weighted by molar-refractivity contribution is -0.141. The van der Waals surface area contributed by atoms with E-state index in [-0.39, 0.29) is 41.0 Å². The summed E-state index contributed by atoms with van der Waals surface area (Å²) in [6.07, 6.45) is 4.22. The van der Waals surface area contributed by atoms with Crippen molar-refractivity contribution in [3.8, 4) is 22.4 Å². The molecule has 0 fully saturated rings. The molecule has 192 valence electrons. The molecule has 2 N–H and O–H groups in total. The van der Waals surface area contributed by atoms with Gasteiger partial charge in [0.1, 0.15) is 23.6 Å². The Morgan fingerprint density at radius 2 is 1.89 bits per heavy atom. The quantitative estimate of drug-likeness (QED) is 0.327. The third-order valence-corrected chi connectivity index (χ3v) is 6.14. The Morgan fingerprint density at radius 1 is 1.14 bits per heavy atom. The van der Waals surface area contributed by atoms with Crippen LogP contribution in [0, 0.1) is 11.6 Å². The van der Waals surface area contributed by atoms with Gasteiger partial charge in [-0.1, -0.05) is 11.3 Å². The van der Waals surface area contributed by atoms with Crippen LogP contribution in [0.1, 0.15) is 13.8 Å². The maximum absolute atomic E-state index is 15.7. The Kier molecular flexibility index (Phi) is 7.82. The van der Waals surface area contributed by atoms with Crippen molar-refractivity contribution in [1.29, 1.82) is 0 Å². The predicted octanol–water partition coefficient (Wildman–Crippen LogP) is 4.23. The molecule has 0 aliphatic heterocycles. The number of nitrogens with one attached hydrogen (secondary N) is 2. The van der Waals surface area contributed by atoms with Crippen LogP contribution in [-0.4, -0.2) is 58.7 Å². The van der Waals surface area contributed by atoms with Crippen LogP contribution in [0.15, 0.2) is 36.8 Å². The number of anilines is 2. The van der Waals surface area contributed by atoms with Crippen molar-refractivity contribution < 1.29 is 23.1 Å². The summed E-state index contributed by atoms with van der Waals surface area (Å²) in [5.41, 5.74) is 0.625. The van der Waals surface area contributed by atoms with Crippen molar-refractivity contribution in [3.05, 3.63) is 48.4 Å². The molecule has 0 saturated carbocycles. The molecule has 4 rings (SSSR count). The zero-order valence-electron chi connectivity index (χ0n) is 20.2. The minimum Gasteiger partial charge on any atom is -0.465 e. The molecule has 0 unspecified atom stereocenters. The number of hydrogen-bond donors (Lipinski definition) is 2. The monoisotopic (exact) mass is 527 g/mol. The number of halogens is 2. The van der Waals surface area contributed by atoms with Gasteiger partial charge in [-0.15, -0.1) is 0 Å². The lowest BCUT2D eigenvalue weighted by Gasteiger charge is -2.16. The molecule has 0 aliphatic carbocycles. The summed E-state index contributed by atoms with van der Waals surface area (Å²) in [5.74, 6) is -1.49. The summed E-state index contributed by atoms with van der Waals surface area (Å²) in [7, 11) is 1.62. The molecule has 13 heteroatoms. The van der Waals surface area contributed by atoms with E-state index in [0.29, 0.717) is 22.4 Å². The zero-order valence-corrected chi connectivity index (χ0v) is 21.0. The fraction of sp³-hybridized carbons (Fsp3) is 0.250. The number of amides is 2. The number of fused-ring (bicyclic) bond motifs is 1. The molecule has 1 aromatic carbocycles. The topological polar surface area (TPSA) is 122 Å². The summed E-state index contributed by atoms with van der Waals surface area (Å²) < 4.78 is 35.7. The van der Waals surface area contributed by atoms with Gasteiger partial charge in [0.25, 0.3) is 0 Å². The van der Waals surface area contributed by atoms with Crippen molar-refractivity contribution in [2.75, 3.05) is 37.0 Å². The number of thiazole rings is 1. The number of aromatic nitrogens is 4. The number of urea groups is 1. The molecule has 0 saturated heterocycles. The van der Waals surface area contributed by atoms with Crippen molar-refractivity contribution in [2.24, 2.45) is 0 Å². The van der Waals surface area contributed by atoms with Crippen LogP contribution in [0.5, 0.6) is 0 Å². The average Bonchev–Trinajstić information content (AvgIpc) is 3.29. The number of ether oxygens (including phenoxy) is 1. The van der Waals surface area contributed by atoms with Gasteiger partial charge in [-0.05, 0) is 32.0 Å². The summed E-state index contributed by atoms with van der Waals surface area (Å²) >= 11 is 1.00. The zero-order chi connectivity index (χ0) is 26.5. The van der Waals surface area contributed by atoms with Gasteiger partial charge in [0, 0.05) is 48.9 Å². The van der Waals surface area contributed by atoms with Gasteiger partial charge in [0.15, 0.2) is 10.9 Å². The Balaban J connectivity index is 1.78. The SMILES string of the molecule is CCNC(=O)Nc1nc2c(F)c(-c3cnc(N(C)CC(=O)OCC)nc3)cc(-c3ncccc3F)c2s1. The lowest BCUT2D eigenvalue weighted by atomic mass is 10.0. The Morgan fingerprint density at radius 3 is 2.57 bits per heavy atom. The highest BCUT2D eigenvalue weighted by Gasteiger charge is 2.22. The Bertz CT molecular complexity index is 1450. The Hall–Kier alpha value is -4.26. The fourth-order valence-corrected chi connectivity index (χ4v) is 4.48. The van der Waals surface area contributed by atoms with Crippen molar-refractivity contribution in [2.45, 2.75) is 13.8 Å². The second-order valence-electron chi connectivity index (χ2n) is 7.73. The van der Waals surface area contributed by atoms with Gasteiger partial charge >= 0.3 is 12.0 Å². The highest BCUT2D eigenvalue weighted by atomic mass is 32.1. The van der Waals surface area contributed by atoms with Gasteiger partial charge < -0.3 is 15.0 Å². The molecule has 0 spiro atoms. The maximum Gasteiger partial charge on any atom is 0.325 e. The van der Waals surface area contributed by atoms with Crippen LogP contribution in [0.4, 0.5) is 24.7 Å². The van der Waals surface area contributed by atoms with E-state index in [9.17, 15) is 14.0 Å². The largest absolute Gasteiger partial charge is 0.465 e. The van der Waals surface area contributed by atoms with Gasteiger partial charge in [0.05, 0.1) is 11.3 Å². The lowest BCUT2D eigenvalue weighted by Crippen LogP contribution is -2.28. The minimum absolute atomic E-state index is 0.00803. The third kappa shape index (κ3) is 5.61. The van der Waals surface area contributed by atoms with E-state index in [2.05, 4.69) is 30.6 Å². The number of rotatable bonds is 8. The number of carbonyl (C=O) groups is 2. The van der Waals surface area contributed by atoms with Gasteiger partial charge in [-0.3, -0.25) is 15.1 Å². The Labute approximate surface area is 214 Å². The molecular formula is C24H23F2N7O3S. The normalized spacial score (nSPS) is 10.8. The predicted molar refractivity (Wildman–Crippen MR) is 136 cm³/mol. The van der Waals surface area contributed by atoms with E-state index in [1.165, 1.54) is 41.7 Å². The molecule has 10 nitrogen and oxygen atoms in total. The van der Waals surface area contributed by atoms with Crippen LogP contribution in [-0.2, 0) is 9.53 Å². The van der Waals surface area contributed by atoms with E-state index in [0.717, 1.165) is 11.3 Å². The molecule has 0 aliphatic rings. The first kappa shape index (κ1) is 25.8. The molecule has 0 bridgehead atoms. The molecule has 3 heterocycles. The third-order valence-electron chi connectivity index (χ3n) is 5.14. The standard InChI is InChI=1S/C24H23F2N7O3S/c1-4-27-23(35)32-24-31-20-18(26)14(9-15(21(20)37-24)19-16(25)7-6-8-28-19)13-10-29-22(30-11-13)33(3)12-17(34)36-5-2/h6-11H,4-5,12H2,1-3H3,(H2,27,31,32,35). The van der Waals surface area contributed by atoms with Crippen LogP contribution in [0.2, 0.25) is 0 Å². The molecule has 0 atom stereocenters. The minimum atomic E-state index is -0.688. The van der Waals surface area contributed by atoms with E-state index < -0.39 is 23.6 Å². The molecule has 4 aromatic rings. The highest BCUT2D eigenvalue weighted by molar-refractivity contribution is 7.22. The molecule has 3 aromatic heterocycles. The van der Waals surface area contributed by atoms with Crippen LogP contribution in [0.25, 0.3) is 32.6 Å². The number of esters is 1. The van der Waals surface area contributed by atoms with Crippen molar-refractivity contribution >= 4 is 44.6 Å². The van der Waals surface area contributed by atoms with Crippen molar-refractivity contribution in [1.82, 2.24) is 25.3 Å². The summed E-state index contributed by atoms with van der Waals surface area (Å²) in [5, 5.41) is 5.29. The van der Waals surface area contributed by atoms with Crippen molar-refractivity contribution in [3.63, 3.8) is 0 Å². The summed E-state index contributed by atoms with van der Waals surface area (Å²) in [6.45, 7) is 4.06. The number of benzene rings is 1. The van der Waals surface area contributed by atoms with E-state index in [4.69, 9.17) is 4.74 Å². The highest BCUT2D eigenvalue weighted by Crippen LogP contribution is 2.40. The van der Waals surface area contributed by atoms with Crippen LogP contribution >= 0.6 is 11.3 Å². The number of likely N-dealkylation sites (N-methyl/N-ethyl adjacent to an activating group) is 1. The second kappa shape index (κ2) is 11.2. The van der Waals surface area contributed by atoms with Gasteiger partial charge in [0.2, 0.25) is 5.95 Å². The van der Waals surface area contributed by atoms with E-state index >= 15 is 4.39 Å². The first-order valence-corrected chi connectivity index (χ1v) is 12.1. The van der Waals surface area contributed by atoms with Gasteiger partial charge in [-0.2, -0.15) is 0 Å². The number of pyridine rings is 1. The van der Waals surface area contributed by atoms with Gasteiger partial charge in [-0.25, -0.2) is 28.5 Å². The number of nitrogens with zero attached hydrogens (tertiary/aromatic N) is 5. The maximum atomic E-state index is 15.7. The van der Waals surface area contributed by atoms with Crippen LogP contribution < -0.4 is 15.5 Å². The molecule has 0 radical (unpaired) electrons. The number of carbonyl (C=O) groups excluding carboxylic acids is 2. The summed E-state index contributed by atoms with van der Waals surface area (Å²) in [6, 6.07) is 3.67. The fourth-order valence-electron chi connectivity index (χ4n) is 3.51. The molecule has 2 amide bonds. The first-order chi connectivity index (χ1) is 17.8. The van der Waals surface area contributed by atoms with E-state index in [1.807, 2.05) is 0 Å². The number of hydrogen-bond acceptors (Lipinski definition) is 9. The average molecular weight is 528 g/mol. The molecular weight excluding hydrogens is 504 g/mol. The molecule has 37 heavy (non-hydrogen) atoms. The smallest absolute Gasteiger partial charge is 0.325 e.